The SMILES string of the molecule is CN1CCCN(c2ccc3cnn(S(=O)(=O)c4ccc5c(c4)OCCN5C)c3c2)CC1.O=CO. The summed E-state index contributed by atoms with van der Waals surface area (Å²) in [5.74, 6) is 0.584. The molecule has 11 heteroatoms. The molecule has 0 atom stereocenters. The highest BCUT2D eigenvalue weighted by Gasteiger charge is 2.25. The lowest BCUT2D eigenvalue weighted by molar-refractivity contribution is -0.122. The van der Waals surface area contributed by atoms with E-state index >= 15 is 0 Å². The molecular formula is C23H29N5O5S. The Hall–Kier alpha value is -3.31. The Bertz CT molecular complexity index is 1280. The average molecular weight is 488 g/mol. The van der Waals surface area contributed by atoms with Gasteiger partial charge in [-0.15, -0.1) is 0 Å². The first-order chi connectivity index (χ1) is 16.3. The molecule has 0 amide bonds. The van der Waals surface area contributed by atoms with Crippen molar-refractivity contribution in [1.29, 1.82) is 0 Å². The van der Waals surface area contributed by atoms with Gasteiger partial charge in [0.25, 0.3) is 16.5 Å². The van der Waals surface area contributed by atoms with Crippen molar-refractivity contribution in [1.82, 2.24) is 14.1 Å². The molecule has 3 heterocycles. The summed E-state index contributed by atoms with van der Waals surface area (Å²) in [6, 6.07) is 11.0. The molecule has 182 valence electrons. The molecule has 1 fully saturated rings. The zero-order valence-corrected chi connectivity index (χ0v) is 20.1. The van der Waals surface area contributed by atoms with Gasteiger partial charge < -0.3 is 24.5 Å². The number of rotatable bonds is 3. The van der Waals surface area contributed by atoms with E-state index in [1.54, 1.807) is 24.4 Å². The third-order valence-electron chi connectivity index (χ3n) is 6.16. The zero-order chi connectivity index (χ0) is 24.3. The summed E-state index contributed by atoms with van der Waals surface area (Å²) in [4.78, 5) is 15.2. The van der Waals surface area contributed by atoms with Gasteiger partial charge in [-0.25, -0.2) is 0 Å². The van der Waals surface area contributed by atoms with Crippen molar-refractivity contribution in [3.63, 3.8) is 0 Å². The van der Waals surface area contributed by atoms with E-state index in [4.69, 9.17) is 14.6 Å². The van der Waals surface area contributed by atoms with Gasteiger partial charge in [-0.1, -0.05) is 0 Å². The normalized spacial score (nSPS) is 16.8. The van der Waals surface area contributed by atoms with Crippen LogP contribution in [0.5, 0.6) is 5.75 Å². The van der Waals surface area contributed by atoms with E-state index in [-0.39, 0.29) is 11.4 Å². The third-order valence-corrected chi connectivity index (χ3v) is 7.75. The fraction of sp³-hybridized carbons (Fsp3) is 0.391. The van der Waals surface area contributed by atoms with Crippen molar-refractivity contribution in [3.05, 3.63) is 42.6 Å². The van der Waals surface area contributed by atoms with Crippen LogP contribution in [0.1, 0.15) is 6.42 Å². The number of hydrogen-bond acceptors (Lipinski definition) is 8. The molecular weight excluding hydrogens is 458 g/mol. The summed E-state index contributed by atoms with van der Waals surface area (Å²) in [5.41, 5.74) is 2.50. The van der Waals surface area contributed by atoms with Crippen molar-refractivity contribution >= 4 is 38.8 Å². The number of aromatic nitrogens is 2. The van der Waals surface area contributed by atoms with Crippen LogP contribution in [0.3, 0.4) is 0 Å². The molecule has 34 heavy (non-hydrogen) atoms. The first-order valence-electron chi connectivity index (χ1n) is 11.1. The van der Waals surface area contributed by atoms with Crippen LogP contribution in [0, 0.1) is 0 Å². The molecule has 5 rings (SSSR count). The van der Waals surface area contributed by atoms with E-state index in [2.05, 4.69) is 32.9 Å². The highest BCUT2D eigenvalue weighted by Crippen LogP contribution is 2.34. The van der Waals surface area contributed by atoms with Crippen molar-refractivity contribution in [2.75, 3.05) is 63.2 Å². The molecule has 2 aromatic carbocycles. The number of ether oxygens (including phenoxy) is 1. The maximum Gasteiger partial charge on any atom is 0.290 e. The zero-order valence-electron chi connectivity index (χ0n) is 19.3. The van der Waals surface area contributed by atoms with Crippen molar-refractivity contribution < 1.29 is 23.1 Å². The second-order valence-electron chi connectivity index (χ2n) is 8.38. The molecule has 1 saturated heterocycles. The van der Waals surface area contributed by atoms with Crippen LogP contribution in [0.2, 0.25) is 0 Å². The Kier molecular flexibility index (Phi) is 6.94. The minimum Gasteiger partial charge on any atom is -0.490 e. The molecule has 0 aliphatic carbocycles. The van der Waals surface area contributed by atoms with Gasteiger partial charge >= 0.3 is 0 Å². The number of hydrogen-bond donors (Lipinski definition) is 1. The Morgan fingerprint density at radius 3 is 2.62 bits per heavy atom. The molecule has 0 bridgehead atoms. The monoisotopic (exact) mass is 487 g/mol. The van der Waals surface area contributed by atoms with Crippen LogP contribution >= 0.6 is 0 Å². The summed E-state index contributed by atoms with van der Waals surface area (Å²) in [6.07, 6.45) is 2.69. The Morgan fingerprint density at radius 1 is 1.03 bits per heavy atom. The Morgan fingerprint density at radius 2 is 1.82 bits per heavy atom. The van der Waals surface area contributed by atoms with Gasteiger partial charge in [0.2, 0.25) is 0 Å². The van der Waals surface area contributed by atoms with Crippen molar-refractivity contribution in [2.24, 2.45) is 0 Å². The fourth-order valence-electron chi connectivity index (χ4n) is 4.28. The number of likely N-dealkylation sites (N-methyl/N-ethyl adjacent to an activating group) is 2. The van der Waals surface area contributed by atoms with Crippen molar-refractivity contribution in [3.8, 4) is 5.75 Å². The van der Waals surface area contributed by atoms with Gasteiger partial charge in [0.1, 0.15) is 12.4 Å². The number of nitrogens with zero attached hydrogens (tertiary/aromatic N) is 5. The standard InChI is InChI=1S/C22H27N5O3S.CH2O2/c1-24-8-3-9-26(11-10-24)18-5-4-17-16-23-27(21(17)14-18)31(28,29)19-6-7-20-22(15-19)30-13-12-25(20)2;2-1-3/h4-7,14-16H,3,8-13H2,1-2H3;1H,(H,2,3). The fourth-order valence-corrected chi connectivity index (χ4v) is 5.56. The lowest BCUT2D eigenvalue weighted by atomic mass is 10.2. The van der Waals surface area contributed by atoms with Crippen LogP contribution in [0.4, 0.5) is 11.4 Å². The number of carboxylic acid groups (broad SMARTS) is 1. The molecule has 0 spiro atoms. The molecule has 0 radical (unpaired) electrons. The predicted octanol–water partition coefficient (Wildman–Crippen LogP) is 1.94. The molecule has 0 saturated carbocycles. The van der Waals surface area contributed by atoms with E-state index < -0.39 is 10.0 Å². The second kappa shape index (κ2) is 9.90. The summed E-state index contributed by atoms with van der Waals surface area (Å²) in [5, 5.41) is 11.9. The van der Waals surface area contributed by atoms with Gasteiger partial charge in [-0.05, 0) is 50.3 Å². The quantitative estimate of drug-likeness (QED) is 0.555. The first kappa shape index (κ1) is 23.8. The van der Waals surface area contributed by atoms with Crippen LogP contribution in [-0.2, 0) is 14.8 Å². The number of fused-ring (bicyclic) bond motifs is 2. The Balaban J connectivity index is 0.000000868. The molecule has 10 nitrogen and oxygen atoms in total. The number of benzene rings is 2. The van der Waals surface area contributed by atoms with Crippen LogP contribution in [0.15, 0.2) is 47.5 Å². The molecule has 3 aromatic rings. The van der Waals surface area contributed by atoms with E-state index in [0.717, 1.165) is 60.0 Å². The summed E-state index contributed by atoms with van der Waals surface area (Å²) in [6.45, 7) is 4.98. The van der Waals surface area contributed by atoms with Crippen LogP contribution in [0.25, 0.3) is 10.9 Å². The number of carbonyl (C=O) groups is 1. The van der Waals surface area contributed by atoms with Gasteiger partial charge in [0, 0.05) is 43.8 Å². The minimum atomic E-state index is -3.86. The van der Waals surface area contributed by atoms with Gasteiger partial charge in [0.15, 0.2) is 0 Å². The largest absolute Gasteiger partial charge is 0.490 e. The smallest absolute Gasteiger partial charge is 0.290 e. The Labute approximate surface area is 199 Å². The summed E-state index contributed by atoms with van der Waals surface area (Å²) < 4.78 is 33.8. The molecule has 1 aromatic heterocycles. The van der Waals surface area contributed by atoms with Crippen LogP contribution < -0.4 is 14.5 Å². The summed E-state index contributed by atoms with van der Waals surface area (Å²) >= 11 is 0. The minimum absolute atomic E-state index is 0.174. The molecule has 2 aliphatic rings. The van der Waals surface area contributed by atoms with Crippen LogP contribution in [-0.4, -0.2) is 87.5 Å². The molecule has 2 aliphatic heterocycles. The number of anilines is 2. The second-order valence-corrected chi connectivity index (χ2v) is 10.2. The molecule has 0 unspecified atom stereocenters. The van der Waals surface area contributed by atoms with E-state index in [9.17, 15) is 8.42 Å². The topological polar surface area (TPSA) is 108 Å². The lowest BCUT2D eigenvalue weighted by Gasteiger charge is -2.27. The average Bonchev–Trinajstić information content (AvgIpc) is 3.14. The maximum absolute atomic E-state index is 13.5. The maximum atomic E-state index is 13.5. The van der Waals surface area contributed by atoms with Gasteiger partial charge in [-0.2, -0.15) is 17.6 Å². The van der Waals surface area contributed by atoms with Crippen molar-refractivity contribution in [2.45, 2.75) is 11.3 Å². The van der Waals surface area contributed by atoms with E-state index in [0.29, 0.717) is 17.9 Å². The third kappa shape index (κ3) is 4.66. The van der Waals surface area contributed by atoms with Gasteiger partial charge in [0.05, 0.1) is 28.8 Å². The van der Waals surface area contributed by atoms with Gasteiger partial charge in [-0.3, -0.25) is 4.79 Å². The highest BCUT2D eigenvalue weighted by atomic mass is 32.2. The van der Waals surface area contributed by atoms with E-state index in [1.807, 2.05) is 19.2 Å². The highest BCUT2D eigenvalue weighted by molar-refractivity contribution is 7.90. The summed E-state index contributed by atoms with van der Waals surface area (Å²) in [7, 11) is 0.248. The lowest BCUT2D eigenvalue weighted by Crippen LogP contribution is -2.29. The van der Waals surface area contributed by atoms with E-state index in [1.165, 1.54) is 0 Å². The first-order valence-corrected chi connectivity index (χ1v) is 12.5. The predicted molar refractivity (Wildman–Crippen MR) is 131 cm³/mol. The molecule has 1 N–H and O–H groups in total.